The van der Waals surface area contributed by atoms with Gasteiger partial charge in [-0.2, -0.15) is 0 Å². The first-order chi connectivity index (χ1) is 14.2. The number of aryl methyl sites for hydroxylation is 2. The van der Waals surface area contributed by atoms with E-state index in [0.717, 1.165) is 11.1 Å². The second-order valence-electron chi connectivity index (χ2n) is 6.79. The van der Waals surface area contributed by atoms with Gasteiger partial charge in [-0.1, -0.05) is 12.1 Å². The molecule has 2 amide bonds. The molecular formula is C21H23N3O6. The maximum absolute atomic E-state index is 11.9. The highest BCUT2D eigenvalue weighted by molar-refractivity contribution is 5.93. The van der Waals surface area contributed by atoms with Gasteiger partial charge in [0.25, 0.3) is 11.6 Å². The Labute approximate surface area is 173 Å². The van der Waals surface area contributed by atoms with E-state index in [0.29, 0.717) is 11.4 Å². The first-order valence-corrected chi connectivity index (χ1v) is 9.31. The van der Waals surface area contributed by atoms with Gasteiger partial charge in [0, 0.05) is 36.3 Å². The average molecular weight is 413 g/mol. The number of non-ortho nitro benzene ring substituents is 1. The van der Waals surface area contributed by atoms with Gasteiger partial charge < -0.3 is 15.4 Å². The molecule has 2 rings (SSSR count). The molecule has 0 unspecified atom stereocenters. The molecule has 0 saturated carbocycles. The minimum absolute atomic E-state index is 0.0286. The van der Waals surface area contributed by atoms with Crippen molar-refractivity contribution in [2.24, 2.45) is 0 Å². The van der Waals surface area contributed by atoms with E-state index in [-0.39, 0.29) is 30.9 Å². The summed E-state index contributed by atoms with van der Waals surface area (Å²) < 4.78 is 4.92. The van der Waals surface area contributed by atoms with E-state index in [9.17, 15) is 24.5 Å². The molecular weight excluding hydrogens is 390 g/mol. The SMILES string of the molecule is Cc1cc(C)cc(NC(=O)COC(=O)CCCC(=O)Nc2cccc([N+](=O)[O-])c2)c1. The standard InChI is InChI=1S/C21H23N3O6/c1-14-9-15(2)11-17(10-14)23-20(26)13-30-21(27)8-4-7-19(25)22-16-5-3-6-18(12-16)24(28)29/h3,5-6,9-12H,4,7-8,13H2,1-2H3,(H,22,25)(H,23,26). The minimum atomic E-state index is -0.589. The Hall–Kier alpha value is -3.75. The summed E-state index contributed by atoms with van der Waals surface area (Å²) in [5.74, 6) is -1.42. The van der Waals surface area contributed by atoms with Gasteiger partial charge in [-0.25, -0.2) is 0 Å². The molecule has 0 saturated heterocycles. The number of hydrogen-bond donors (Lipinski definition) is 2. The molecule has 2 N–H and O–H groups in total. The average Bonchev–Trinajstić information content (AvgIpc) is 2.65. The molecule has 2 aromatic carbocycles. The Kier molecular flexibility index (Phi) is 8.04. The number of rotatable bonds is 9. The van der Waals surface area contributed by atoms with Crippen molar-refractivity contribution in [3.8, 4) is 0 Å². The van der Waals surface area contributed by atoms with Crippen LogP contribution in [-0.4, -0.2) is 29.3 Å². The van der Waals surface area contributed by atoms with Crippen LogP contribution in [0.2, 0.25) is 0 Å². The molecule has 0 aliphatic heterocycles. The summed E-state index contributed by atoms with van der Waals surface area (Å²) in [5.41, 5.74) is 2.82. The minimum Gasteiger partial charge on any atom is -0.456 e. The molecule has 0 atom stereocenters. The first-order valence-electron chi connectivity index (χ1n) is 9.31. The highest BCUT2D eigenvalue weighted by Gasteiger charge is 2.11. The highest BCUT2D eigenvalue weighted by Crippen LogP contribution is 2.17. The maximum atomic E-state index is 11.9. The van der Waals surface area contributed by atoms with Crippen LogP contribution >= 0.6 is 0 Å². The van der Waals surface area contributed by atoms with Crippen LogP contribution < -0.4 is 10.6 Å². The van der Waals surface area contributed by atoms with Crippen LogP contribution in [0.15, 0.2) is 42.5 Å². The number of nitrogens with one attached hydrogen (secondary N) is 2. The summed E-state index contributed by atoms with van der Waals surface area (Å²) in [5, 5.41) is 15.9. The summed E-state index contributed by atoms with van der Waals surface area (Å²) in [6, 6.07) is 11.2. The lowest BCUT2D eigenvalue weighted by molar-refractivity contribution is -0.384. The Balaban J connectivity index is 1.68. The predicted octanol–water partition coefficient (Wildman–Crippen LogP) is 3.50. The maximum Gasteiger partial charge on any atom is 0.306 e. The number of ether oxygens (including phenoxy) is 1. The molecule has 30 heavy (non-hydrogen) atoms. The molecule has 0 aromatic heterocycles. The summed E-state index contributed by atoms with van der Waals surface area (Å²) >= 11 is 0. The van der Waals surface area contributed by atoms with E-state index in [4.69, 9.17) is 4.74 Å². The van der Waals surface area contributed by atoms with Gasteiger partial charge in [-0.05, 0) is 49.6 Å². The third-order valence-corrected chi connectivity index (χ3v) is 4.00. The number of hydrogen-bond acceptors (Lipinski definition) is 6. The van der Waals surface area contributed by atoms with Crippen LogP contribution in [0.1, 0.15) is 30.4 Å². The van der Waals surface area contributed by atoms with E-state index >= 15 is 0 Å². The molecule has 0 heterocycles. The fourth-order valence-electron chi connectivity index (χ4n) is 2.78. The van der Waals surface area contributed by atoms with Gasteiger partial charge in [0.05, 0.1) is 4.92 Å². The van der Waals surface area contributed by atoms with Crippen molar-refractivity contribution in [2.45, 2.75) is 33.1 Å². The molecule has 9 heteroatoms. The second-order valence-corrected chi connectivity index (χ2v) is 6.79. The Morgan fingerprint density at radius 2 is 1.60 bits per heavy atom. The van der Waals surface area contributed by atoms with Crippen molar-refractivity contribution >= 4 is 34.8 Å². The van der Waals surface area contributed by atoms with E-state index in [1.54, 1.807) is 0 Å². The van der Waals surface area contributed by atoms with Gasteiger partial charge in [0.15, 0.2) is 6.61 Å². The predicted molar refractivity (Wildman–Crippen MR) is 111 cm³/mol. The lowest BCUT2D eigenvalue weighted by Gasteiger charge is -2.08. The fourth-order valence-corrected chi connectivity index (χ4v) is 2.78. The van der Waals surface area contributed by atoms with Gasteiger partial charge >= 0.3 is 5.97 Å². The molecule has 0 radical (unpaired) electrons. The van der Waals surface area contributed by atoms with E-state index in [1.807, 2.05) is 32.0 Å². The van der Waals surface area contributed by atoms with Gasteiger partial charge in [-0.3, -0.25) is 24.5 Å². The van der Waals surface area contributed by atoms with Crippen molar-refractivity contribution in [2.75, 3.05) is 17.2 Å². The van der Waals surface area contributed by atoms with Gasteiger partial charge in [-0.15, -0.1) is 0 Å². The molecule has 0 aliphatic rings. The van der Waals surface area contributed by atoms with Gasteiger partial charge in [0.2, 0.25) is 5.91 Å². The van der Waals surface area contributed by atoms with Crippen LogP contribution in [0.5, 0.6) is 0 Å². The van der Waals surface area contributed by atoms with Crippen LogP contribution in [0.25, 0.3) is 0 Å². The summed E-state index contributed by atoms with van der Waals surface area (Å²) in [6.45, 7) is 3.42. The number of nitro groups is 1. The van der Waals surface area contributed by atoms with Crippen molar-refractivity contribution in [3.05, 3.63) is 63.7 Å². The lowest BCUT2D eigenvalue weighted by atomic mass is 10.1. The topological polar surface area (TPSA) is 128 Å². The number of carbonyl (C=O) groups is 3. The molecule has 0 spiro atoms. The van der Waals surface area contributed by atoms with Gasteiger partial charge in [0.1, 0.15) is 0 Å². The normalized spacial score (nSPS) is 10.2. The Morgan fingerprint density at radius 3 is 2.27 bits per heavy atom. The third-order valence-electron chi connectivity index (χ3n) is 4.00. The fraction of sp³-hybridized carbons (Fsp3) is 0.286. The van der Waals surface area contributed by atoms with Crippen molar-refractivity contribution in [1.29, 1.82) is 0 Å². The number of nitrogens with zero attached hydrogens (tertiary/aromatic N) is 1. The van der Waals surface area contributed by atoms with Crippen LogP contribution in [0, 0.1) is 24.0 Å². The smallest absolute Gasteiger partial charge is 0.306 e. The zero-order valence-electron chi connectivity index (χ0n) is 16.8. The number of amides is 2. The Morgan fingerprint density at radius 1 is 0.933 bits per heavy atom. The van der Waals surface area contributed by atoms with Crippen LogP contribution in [0.3, 0.4) is 0 Å². The number of esters is 1. The van der Waals surface area contributed by atoms with E-state index in [2.05, 4.69) is 10.6 Å². The van der Waals surface area contributed by atoms with Crippen molar-refractivity contribution in [1.82, 2.24) is 0 Å². The number of anilines is 2. The van der Waals surface area contributed by atoms with Crippen molar-refractivity contribution < 1.29 is 24.0 Å². The number of nitro benzene ring substituents is 1. The molecule has 9 nitrogen and oxygen atoms in total. The van der Waals surface area contributed by atoms with E-state index < -0.39 is 23.4 Å². The molecule has 158 valence electrons. The summed E-state index contributed by atoms with van der Waals surface area (Å²) in [7, 11) is 0. The molecule has 0 fully saturated rings. The molecule has 2 aromatic rings. The molecule has 0 aliphatic carbocycles. The molecule has 0 bridgehead atoms. The second kappa shape index (κ2) is 10.7. The van der Waals surface area contributed by atoms with Crippen LogP contribution in [0.4, 0.5) is 17.1 Å². The monoisotopic (exact) mass is 413 g/mol. The zero-order valence-corrected chi connectivity index (χ0v) is 16.8. The highest BCUT2D eigenvalue weighted by atomic mass is 16.6. The number of carbonyl (C=O) groups excluding carboxylic acids is 3. The lowest BCUT2D eigenvalue weighted by Crippen LogP contribution is -2.21. The van der Waals surface area contributed by atoms with Crippen LogP contribution in [-0.2, 0) is 19.1 Å². The zero-order chi connectivity index (χ0) is 22.1. The van der Waals surface area contributed by atoms with E-state index in [1.165, 1.54) is 24.3 Å². The number of benzene rings is 2. The first kappa shape index (κ1) is 22.5. The quantitative estimate of drug-likeness (QED) is 0.368. The third kappa shape index (κ3) is 7.70. The Bertz CT molecular complexity index is 937. The summed E-state index contributed by atoms with van der Waals surface area (Å²) in [6.07, 6.45) is 0.226. The summed E-state index contributed by atoms with van der Waals surface area (Å²) in [4.78, 5) is 45.7. The van der Waals surface area contributed by atoms with Crippen molar-refractivity contribution in [3.63, 3.8) is 0 Å². The largest absolute Gasteiger partial charge is 0.456 e.